The second-order valence-corrected chi connectivity index (χ2v) is 13.4. The zero-order chi connectivity index (χ0) is 33.3. The van der Waals surface area contributed by atoms with E-state index in [0.29, 0.717) is 0 Å². The number of carbonyl (C=O) groups is 5. The summed E-state index contributed by atoms with van der Waals surface area (Å²) in [5.41, 5.74) is 6.19. The number of nitrogens with one attached hydrogen (secondary N) is 2. The van der Waals surface area contributed by atoms with Gasteiger partial charge in [0.1, 0.15) is 12.1 Å². The van der Waals surface area contributed by atoms with Crippen molar-refractivity contribution in [2.45, 2.75) is 80.1 Å². The monoisotopic (exact) mass is 668 g/mol. The lowest BCUT2D eigenvalue weighted by atomic mass is 10.0. The van der Waals surface area contributed by atoms with E-state index in [1.54, 1.807) is 14.0 Å². The molecule has 0 heterocycles. The maximum absolute atomic E-state index is 14.1. The first-order valence-corrected chi connectivity index (χ1v) is 17.4. The van der Waals surface area contributed by atoms with Crippen LogP contribution in [0.1, 0.15) is 51.0 Å². The number of hydrogen-bond acceptors (Lipinski definition) is 8. The van der Waals surface area contributed by atoms with Gasteiger partial charge in [0, 0.05) is 47.9 Å². The van der Waals surface area contributed by atoms with E-state index < -0.39 is 41.8 Å². The molecule has 1 saturated carbocycles. The Bertz CT molecular complexity index is 1320. The summed E-state index contributed by atoms with van der Waals surface area (Å²) in [6.45, 7) is 1.87. The lowest BCUT2D eigenvalue weighted by molar-refractivity contribution is -0.140. The van der Waals surface area contributed by atoms with E-state index in [1.165, 1.54) is 40.6 Å². The van der Waals surface area contributed by atoms with Gasteiger partial charge in [-0.25, -0.2) is 4.79 Å². The first-order chi connectivity index (χ1) is 22.2. The van der Waals surface area contributed by atoms with E-state index in [4.69, 9.17) is 10.5 Å². The van der Waals surface area contributed by atoms with E-state index >= 15 is 0 Å². The molecule has 248 valence electrons. The number of thioether (sulfide) groups is 2. The van der Waals surface area contributed by atoms with E-state index in [0.717, 1.165) is 36.1 Å². The van der Waals surface area contributed by atoms with Crippen LogP contribution in [0.25, 0.3) is 0 Å². The second-order valence-electron chi connectivity index (χ2n) is 11.0. The summed E-state index contributed by atoms with van der Waals surface area (Å²) in [6.07, 6.45) is 7.09. The van der Waals surface area contributed by atoms with Crippen LogP contribution in [0.15, 0.2) is 77.7 Å². The minimum atomic E-state index is -0.967. The molecule has 1 aliphatic carbocycles. The Balaban J connectivity index is 1.84. The van der Waals surface area contributed by atoms with Crippen LogP contribution >= 0.6 is 23.5 Å². The van der Waals surface area contributed by atoms with Crippen molar-refractivity contribution in [1.29, 1.82) is 0 Å². The van der Waals surface area contributed by atoms with Gasteiger partial charge in [-0.05, 0) is 43.9 Å². The Kier molecular flexibility index (Phi) is 15.7. The summed E-state index contributed by atoms with van der Waals surface area (Å²) in [5.74, 6) is -1.76. The normalized spacial score (nSPS) is 15.1. The van der Waals surface area contributed by atoms with E-state index in [9.17, 15) is 24.0 Å². The molecule has 0 radical (unpaired) electrons. The van der Waals surface area contributed by atoms with Gasteiger partial charge in [-0.2, -0.15) is 0 Å². The molecule has 2 aromatic carbocycles. The number of amides is 4. The van der Waals surface area contributed by atoms with Crippen LogP contribution in [0.5, 0.6) is 0 Å². The van der Waals surface area contributed by atoms with Crippen LogP contribution in [0.2, 0.25) is 0 Å². The van der Waals surface area contributed by atoms with Gasteiger partial charge in [-0.15, -0.1) is 11.8 Å². The molecular formula is C34H44N4O6S2. The fourth-order valence-electron chi connectivity index (χ4n) is 5.03. The van der Waals surface area contributed by atoms with E-state index in [1.807, 2.05) is 60.7 Å². The first kappa shape index (κ1) is 36.7. The highest BCUT2D eigenvalue weighted by atomic mass is 32.2. The van der Waals surface area contributed by atoms with Crippen LogP contribution in [0.4, 0.5) is 4.79 Å². The third kappa shape index (κ3) is 12.9. The SMILES string of the molecule is CCOC(=O)/C=C/[C@H](CCC(N)=O)NC(=O)[C@H](Cc1ccccc1)N(C)C(=O)[C@H](CSc1ccccc1)NC(=O)SC1CCCC1. The fourth-order valence-corrected chi connectivity index (χ4v) is 7.04. The summed E-state index contributed by atoms with van der Waals surface area (Å²) >= 11 is 2.69. The molecule has 10 nitrogen and oxygen atoms in total. The molecule has 0 spiro atoms. The molecule has 4 amide bonds. The third-order valence-corrected chi connectivity index (χ3v) is 9.74. The van der Waals surface area contributed by atoms with Gasteiger partial charge in [0.05, 0.1) is 6.61 Å². The second kappa shape index (κ2) is 19.7. The summed E-state index contributed by atoms with van der Waals surface area (Å²) in [4.78, 5) is 67.0. The Morgan fingerprint density at radius 2 is 1.65 bits per heavy atom. The standard InChI is InChI=1S/C34H44N4O6S2/c1-3-44-31(40)21-19-25(18-20-30(35)39)36-32(41)29(22-24-12-6-4-7-13-24)38(2)33(42)28(23-45-26-14-8-5-9-15-26)37-34(43)46-27-16-10-11-17-27/h4-9,12-15,19,21,25,27-29H,3,10-11,16-18,20,22-23H2,1-2H3,(H2,35,39)(H,36,41)(H,37,43)/b21-19+/t25-,28-,29-/m0/s1. The highest BCUT2D eigenvalue weighted by Crippen LogP contribution is 2.30. The number of nitrogens with two attached hydrogens (primary N) is 1. The lowest BCUT2D eigenvalue weighted by Gasteiger charge is -2.32. The molecule has 3 atom stereocenters. The van der Waals surface area contributed by atoms with Gasteiger partial charge >= 0.3 is 5.97 Å². The molecule has 2 aromatic rings. The van der Waals surface area contributed by atoms with Gasteiger partial charge in [0.25, 0.3) is 5.24 Å². The third-order valence-electron chi connectivity index (χ3n) is 7.50. The summed E-state index contributed by atoms with van der Waals surface area (Å²) in [5, 5.41) is 5.79. The summed E-state index contributed by atoms with van der Waals surface area (Å²) in [6, 6.07) is 16.3. The van der Waals surface area contributed by atoms with Crippen molar-refractivity contribution >= 4 is 52.5 Å². The smallest absolute Gasteiger partial charge is 0.330 e. The Morgan fingerprint density at radius 1 is 1.00 bits per heavy atom. The maximum Gasteiger partial charge on any atom is 0.330 e. The minimum Gasteiger partial charge on any atom is -0.463 e. The van der Waals surface area contributed by atoms with Crippen LogP contribution < -0.4 is 16.4 Å². The topological polar surface area (TPSA) is 148 Å². The molecule has 12 heteroatoms. The Morgan fingerprint density at radius 3 is 2.28 bits per heavy atom. The number of ether oxygens (including phenoxy) is 1. The van der Waals surface area contributed by atoms with Crippen molar-refractivity contribution in [3.05, 3.63) is 78.4 Å². The molecule has 0 aliphatic heterocycles. The predicted octanol–water partition coefficient (Wildman–Crippen LogP) is 4.47. The molecule has 0 aromatic heterocycles. The minimum absolute atomic E-state index is 0.0281. The van der Waals surface area contributed by atoms with Crippen molar-refractivity contribution < 1.29 is 28.7 Å². The number of likely N-dealkylation sites (N-methyl/N-ethyl adjacent to an activating group) is 1. The number of primary amides is 1. The fraction of sp³-hybridized carbons (Fsp3) is 0.441. The van der Waals surface area contributed by atoms with E-state index in [-0.39, 0.29) is 42.1 Å². The number of hydrogen-bond donors (Lipinski definition) is 3. The van der Waals surface area contributed by atoms with Gasteiger partial charge < -0.3 is 26.0 Å². The molecular weight excluding hydrogens is 625 g/mol. The molecule has 0 saturated heterocycles. The van der Waals surface area contributed by atoms with Crippen LogP contribution in [0, 0.1) is 0 Å². The van der Waals surface area contributed by atoms with E-state index in [2.05, 4.69) is 10.6 Å². The van der Waals surface area contributed by atoms with Crippen molar-refractivity contribution in [3.8, 4) is 0 Å². The van der Waals surface area contributed by atoms with Gasteiger partial charge in [-0.1, -0.05) is 79.2 Å². The van der Waals surface area contributed by atoms with Crippen LogP contribution in [-0.4, -0.2) is 76.6 Å². The summed E-state index contributed by atoms with van der Waals surface area (Å²) in [7, 11) is 1.55. The predicted molar refractivity (Wildman–Crippen MR) is 182 cm³/mol. The van der Waals surface area contributed by atoms with Crippen molar-refractivity contribution in [3.63, 3.8) is 0 Å². The lowest BCUT2D eigenvalue weighted by Crippen LogP contribution is -2.56. The van der Waals surface area contributed by atoms with Gasteiger partial charge in [0.15, 0.2) is 0 Å². The largest absolute Gasteiger partial charge is 0.463 e. The zero-order valence-corrected chi connectivity index (χ0v) is 28.0. The number of esters is 1. The number of carbonyl (C=O) groups excluding carboxylic acids is 5. The van der Waals surface area contributed by atoms with Crippen molar-refractivity contribution in [1.82, 2.24) is 15.5 Å². The van der Waals surface area contributed by atoms with Crippen LogP contribution in [-0.2, 0) is 30.3 Å². The van der Waals surface area contributed by atoms with Gasteiger partial charge in [-0.3, -0.25) is 19.2 Å². The quantitative estimate of drug-likeness (QED) is 0.127. The number of nitrogens with zero attached hydrogens (tertiary/aromatic N) is 1. The molecule has 1 fully saturated rings. The van der Waals surface area contributed by atoms with Crippen LogP contribution in [0.3, 0.4) is 0 Å². The Hall–Kier alpha value is -3.77. The molecule has 4 N–H and O–H groups in total. The number of rotatable bonds is 17. The highest BCUT2D eigenvalue weighted by Gasteiger charge is 2.34. The average molecular weight is 669 g/mol. The molecule has 46 heavy (non-hydrogen) atoms. The molecule has 0 unspecified atom stereocenters. The van der Waals surface area contributed by atoms with Crippen molar-refractivity contribution in [2.24, 2.45) is 5.73 Å². The van der Waals surface area contributed by atoms with Gasteiger partial charge in [0.2, 0.25) is 17.7 Å². The number of benzene rings is 2. The maximum atomic E-state index is 14.1. The van der Waals surface area contributed by atoms with Crippen molar-refractivity contribution in [2.75, 3.05) is 19.4 Å². The zero-order valence-electron chi connectivity index (χ0n) is 26.4. The molecule has 0 bridgehead atoms. The highest BCUT2D eigenvalue weighted by molar-refractivity contribution is 8.14. The Labute approximate surface area is 279 Å². The molecule has 1 aliphatic rings. The first-order valence-electron chi connectivity index (χ1n) is 15.6. The summed E-state index contributed by atoms with van der Waals surface area (Å²) < 4.78 is 4.95. The average Bonchev–Trinajstić information content (AvgIpc) is 3.56. The molecule has 3 rings (SSSR count).